The second-order valence-corrected chi connectivity index (χ2v) is 6.02. The first kappa shape index (κ1) is 18.5. The molecule has 3 rings (SSSR count). The fraction of sp³-hybridized carbons (Fsp3) is 0.500. The summed E-state index contributed by atoms with van der Waals surface area (Å²) in [4.78, 5) is 8.13. The third kappa shape index (κ3) is 4.69. The first-order valence-corrected chi connectivity index (χ1v) is 7.58. The number of hydrogen-bond acceptors (Lipinski definition) is 5. The molecular formula is C14H21Cl2N3OS. The number of thiophene rings is 1. The highest BCUT2D eigenvalue weighted by molar-refractivity contribution is 7.13. The van der Waals surface area contributed by atoms with Crippen LogP contribution in [0.5, 0.6) is 0 Å². The van der Waals surface area contributed by atoms with Crippen LogP contribution in [0.4, 0.5) is 0 Å². The van der Waals surface area contributed by atoms with Gasteiger partial charge in [-0.1, -0.05) is 6.07 Å². The molecule has 4 nitrogen and oxygen atoms in total. The van der Waals surface area contributed by atoms with Gasteiger partial charge in [0.2, 0.25) is 5.89 Å². The number of rotatable bonds is 5. The van der Waals surface area contributed by atoms with Gasteiger partial charge >= 0.3 is 0 Å². The van der Waals surface area contributed by atoms with Crippen molar-refractivity contribution in [2.45, 2.75) is 13.0 Å². The van der Waals surface area contributed by atoms with Gasteiger partial charge in [-0.15, -0.1) is 36.2 Å². The zero-order valence-corrected chi connectivity index (χ0v) is 14.4. The van der Waals surface area contributed by atoms with Crippen LogP contribution in [0, 0.1) is 5.92 Å². The fourth-order valence-corrected chi connectivity index (χ4v) is 3.29. The van der Waals surface area contributed by atoms with Gasteiger partial charge in [0.1, 0.15) is 6.26 Å². The lowest BCUT2D eigenvalue weighted by atomic mass is 10.1. The fourth-order valence-electron chi connectivity index (χ4n) is 2.63. The van der Waals surface area contributed by atoms with Crippen molar-refractivity contribution >= 4 is 36.2 Å². The van der Waals surface area contributed by atoms with Crippen LogP contribution in [0.3, 0.4) is 0 Å². The summed E-state index contributed by atoms with van der Waals surface area (Å²) in [6.07, 6.45) is 3.07. The number of halogens is 2. The Labute approximate surface area is 141 Å². The molecule has 1 aliphatic heterocycles. The molecule has 2 aromatic rings. The van der Waals surface area contributed by atoms with E-state index in [1.54, 1.807) is 17.6 Å². The molecule has 0 aliphatic carbocycles. The second-order valence-electron chi connectivity index (χ2n) is 5.07. The van der Waals surface area contributed by atoms with E-state index in [-0.39, 0.29) is 24.8 Å². The summed E-state index contributed by atoms with van der Waals surface area (Å²) in [6.45, 7) is 4.32. The van der Waals surface area contributed by atoms with Gasteiger partial charge in [-0.05, 0) is 43.9 Å². The minimum absolute atomic E-state index is 0. The molecule has 3 heterocycles. The van der Waals surface area contributed by atoms with Crippen molar-refractivity contribution in [3.63, 3.8) is 0 Å². The maximum atomic E-state index is 5.55. The molecule has 2 aromatic heterocycles. The molecule has 1 aliphatic rings. The van der Waals surface area contributed by atoms with E-state index >= 15 is 0 Å². The number of nitrogens with one attached hydrogen (secondary N) is 1. The molecule has 1 unspecified atom stereocenters. The third-order valence-corrected chi connectivity index (χ3v) is 4.39. The smallest absolute Gasteiger partial charge is 0.236 e. The SMILES string of the molecule is CNCC1CCN(Cc2coc(-c3cccs3)n2)C1.Cl.Cl. The summed E-state index contributed by atoms with van der Waals surface area (Å²) in [6, 6.07) is 4.06. The predicted octanol–water partition coefficient (Wildman–Crippen LogP) is 3.29. The lowest BCUT2D eigenvalue weighted by molar-refractivity contribution is 0.311. The Morgan fingerprint density at radius 1 is 1.48 bits per heavy atom. The number of nitrogens with zero attached hydrogens (tertiary/aromatic N) is 2. The molecule has 1 atom stereocenters. The van der Waals surface area contributed by atoms with E-state index in [4.69, 9.17) is 4.42 Å². The first-order valence-electron chi connectivity index (χ1n) is 6.70. The van der Waals surface area contributed by atoms with Gasteiger partial charge in [0, 0.05) is 13.1 Å². The molecule has 0 spiro atoms. The van der Waals surface area contributed by atoms with Gasteiger partial charge in [-0.2, -0.15) is 0 Å². The van der Waals surface area contributed by atoms with E-state index in [0.29, 0.717) is 0 Å². The molecule has 21 heavy (non-hydrogen) atoms. The molecule has 0 bridgehead atoms. The van der Waals surface area contributed by atoms with Crippen molar-refractivity contribution < 1.29 is 4.42 Å². The summed E-state index contributed by atoms with van der Waals surface area (Å²) in [5.74, 6) is 1.52. The average molecular weight is 350 g/mol. The topological polar surface area (TPSA) is 41.3 Å². The molecule has 1 fully saturated rings. The Morgan fingerprint density at radius 3 is 3.05 bits per heavy atom. The summed E-state index contributed by atoms with van der Waals surface area (Å²) >= 11 is 1.66. The summed E-state index contributed by atoms with van der Waals surface area (Å²) in [5.41, 5.74) is 1.04. The zero-order valence-electron chi connectivity index (χ0n) is 11.9. The number of aromatic nitrogens is 1. The van der Waals surface area contributed by atoms with Gasteiger partial charge in [0.15, 0.2) is 0 Å². The summed E-state index contributed by atoms with van der Waals surface area (Å²) in [5, 5.41) is 5.30. The first-order chi connectivity index (χ1) is 9.35. The molecular weight excluding hydrogens is 329 g/mol. The minimum atomic E-state index is 0. The van der Waals surface area contributed by atoms with Gasteiger partial charge in [-0.3, -0.25) is 4.90 Å². The van der Waals surface area contributed by atoms with E-state index in [1.165, 1.54) is 6.42 Å². The molecule has 7 heteroatoms. The molecule has 0 aromatic carbocycles. The molecule has 118 valence electrons. The number of hydrogen-bond donors (Lipinski definition) is 1. The number of likely N-dealkylation sites (tertiary alicyclic amines) is 1. The van der Waals surface area contributed by atoms with E-state index in [9.17, 15) is 0 Å². The van der Waals surface area contributed by atoms with E-state index in [0.717, 1.165) is 48.6 Å². The Kier molecular flexibility index (Phi) is 7.70. The molecule has 0 radical (unpaired) electrons. The molecule has 1 saturated heterocycles. The van der Waals surface area contributed by atoms with Crippen molar-refractivity contribution in [2.75, 3.05) is 26.7 Å². The molecule has 1 N–H and O–H groups in total. The zero-order chi connectivity index (χ0) is 13.1. The highest BCUT2D eigenvalue weighted by Gasteiger charge is 2.22. The monoisotopic (exact) mass is 349 g/mol. The van der Waals surface area contributed by atoms with Crippen LogP contribution in [0.1, 0.15) is 12.1 Å². The maximum Gasteiger partial charge on any atom is 0.236 e. The van der Waals surface area contributed by atoms with Crippen molar-refractivity contribution in [3.8, 4) is 10.8 Å². The quantitative estimate of drug-likeness (QED) is 0.899. The molecule has 0 saturated carbocycles. The lowest BCUT2D eigenvalue weighted by Gasteiger charge is -2.13. The van der Waals surface area contributed by atoms with Gasteiger partial charge in [0.05, 0.1) is 10.6 Å². The van der Waals surface area contributed by atoms with Crippen molar-refractivity contribution in [3.05, 3.63) is 29.5 Å². The summed E-state index contributed by atoms with van der Waals surface area (Å²) in [7, 11) is 2.02. The predicted molar refractivity (Wildman–Crippen MR) is 91.6 cm³/mol. The highest BCUT2D eigenvalue weighted by Crippen LogP contribution is 2.25. The van der Waals surface area contributed by atoms with Gasteiger partial charge in [-0.25, -0.2) is 4.98 Å². The van der Waals surface area contributed by atoms with Crippen molar-refractivity contribution in [1.29, 1.82) is 0 Å². The average Bonchev–Trinajstić information content (AvgIpc) is 3.10. The van der Waals surface area contributed by atoms with Crippen molar-refractivity contribution in [1.82, 2.24) is 15.2 Å². The van der Waals surface area contributed by atoms with E-state index in [2.05, 4.69) is 15.2 Å². The van der Waals surface area contributed by atoms with Gasteiger partial charge < -0.3 is 9.73 Å². The molecule has 0 amide bonds. The van der Waals surface area contributed by atoms with Crippen LogP contribution in [0.2, 0.25) is 0 Å². The minimum Gasteiger partial charge on any atom is -0.444 e. The summed E-state index contributed by atoms with van der Waals surface area (Å²) < 4.78 is 5.55. The van der Waals surface area contributed by atoms with Gasteiger partial charge in [0.25, 0.3) is 0 Å². The van der Waals surface area contributed by atoms with Crippen LogP contribution in [0.15, 0.2) is 28.2 Å². The second kappa shape index (κ2) is 8.76. The Morgan fingerprint density at radius 2 is 2.33 bits per heavy atom. The van der Waals surface area contributed by atoms with Crippen LogP contribution in [-0.2, 0) is 6.54 Å². The van der Waals surface area contributed by atoms with Crippen LogP contribution in [-0.4, -0.2) is 36.6 Å². The lowest BCUT2D eigenvalue weighted by Crippen LogP contribution is -2.24. The van der Waals surface area contributed by atoms with Crippen LogP contribution in [0.25, 0.3) is 10.8 Å². The standard InChI is InChI=1S/C14H19N3OS.2ClH/c1-15-7-11-4-5-17(8-11)9-12-10-18-14(16-12)13-3-2-6-19-13;;/h2-3,6,10-11,15H,4-5,7-9H2,1H3;2*1H. The van der Waals surface area contributed by atoms with Crippen molar-refractivity contribution in [2.24, 2.45) is 5.92 Å². The maximum absolute atomic E-state index is 5.55. The number of oxazole rings is 1. The van der Waals surface area contributed by atoms with Crippen LogP contribution >= 0.6 is 36.2 Å². The van der Waals surface area contributed by atoms with Crippen LogP contribution < -0.4 is 5.32 Å². The van der Waals surface area contributed by atoms with E-state index < -0.39 is 0 Å². The highest BCUT2D eigenvalue weighted by atomic mass is 35.5. The Hall–Kier alpha value is -0.590. The normalized spacial score (nSPS) is 18.2. The largest absolute Gasteiger partial charge is 0.444 e. The Balaban J connectivity index is 0.00000110. The third-order valence-electron chi connectivity index (χ3n) is 3.53. The van der Waals surface area contributed by atoms with E-state index in [1.807, 2.05) is 24.6 Å². The Bertz CT molecular complexity index is 518.